The number of rotatable bonds is 4. The molecule has 0 spiro atoms. The van der Waals surface area contributed by atoms with Crippen LogP contribution >= 0.6 is 0 Å². The minimum Gasteiger partial charge on any atom is -0.457 e. The van der Waals surface area contributed by atoms with Crippen LogP contribution in [0.15, 0.2) is 36.5 Å². The number of halogens is 1. The van der Waals surface area contributed by atoms with E-state index in [-0.39, 0.29) is 16.8 Å². The van der Waals surface area contributed by atoms with Gasteiger partial charge in [-0.2, -0.15) is 0 Å². The summed E-state index contributed by atoms with van der Waals surface area (Å²) >= 11 is 0. The first kappa shape index (κ1) is 15.8. The Morgan fingerprint density at radius 3 is 2.43 bits per heavy atom. The quantitative estimate of drug-likeness (QED) is 0.834. The Kier molecular flexibility index (Phi) is 3.78. The van der Waals surface area contributed by atoms with E-state index in [2.05, 4.69) is 17.2 Å². The fourth-order valence-electron chi connectivity index (χ4n) is 2.47. The van der Waals surface area contributed by atoms with Gasteiger partial charge >= 0.3 is 0 Å². The first-order valence-electron chi connectivity index (χ1n) is 7.97. The highest BCUT2D eigenvalue weighted by atomic mass is 19.1. The zero-order valence-electron chi connectivity index (χ0n) is 14.1. The Hall–Kier alpha value is -2.10. The van der Waals surface area contributed by atoms with Gasteiger partial charge in [0.05, 0.1) is 0 Å². The zero-order valence-corrected chi connectivity index (χ0v) is 14.1. The SMILES string of the molecule is CC1(Nc2cc(Oc3ccc(C(C)(C)C)c(F)c3)ccn2)CC1. The van der Waals surface area contributed by atoms with Gasteiger partial charge in [-0.15, -0.1) is 0 Å². The van der Waals surface area contributed by atoms with Gasteiger partial charge in [-0.3, -0.25) is 0 Å². The summed E-state index contributed by atoms with van der Waals surface area (Å²) in [4.78, 5) is 4.31. The number of pyridine rings is 1. The lowest BCUT2D eigenvalue weighted by molar-refractivity contribution is 0.468. The number of hydrogen-bond donors (Lipinski definition) is 1. The summed E-state index contributed by atoms with van der Waals surface area (Å²) < 4.78 is 20.0. The van der Waals surface area contributed by atoms with Crippen LogP contribution in [0.3, 0.4) is 0 Å². The number of ether oxygens (including phenoxy) is 1. The first-order valence-corrected chi connectivity index (χ1v) is 7.97. The summed E-state index contributed by atoms with van der Waals surface area (Å²) in [6, 6.07) is 8.65. The van der Waals surface area contributed by atoms with Gasteiger partial charge in [0, 0.05) is 23.9 Å². The molecule has 0 atom stereocenters. The number of anilines is 1. The van der Waals surface area contributed by atoms with Crippen LogP contribution in [0, 0.1) is 5.82 Å². The second-order valence-corrected chi connectivity index (χ2v) is 7.56. The van der Waals surface area contributed by atoms with Crippen LogP contribution < -0.4 is 10.1 Å². The van der Waals surface area contributed by atoms with Gasteiger partial charge in [-0.05, 0) is 42.9 Å². The molecule has 1 N–H and O–H groups in total. The molecule has 23 heavy (non-hydrogen) atoms. The van der Waals surface area contributed by atoms with Crippen molar-refractivity contribution < 1.29 is 9.13 Å². The fraction of sp³-hybridized carbons (Fsp3) is 0.421. The van der Waals surface area contributed by atoms with Crippen molar-refractivity contribution in [1.29, 1.82) is 0 Å². The molecule has 0 radical (unpaired) electrons. The molecule has 4 heteroatoms. The summed E-state index contributed by atoms with van der Waals surface area (Å²) in [6.07, 6.45) is 4.00. The van der Waals surface area contributed by atoms with E-state index in [9.17, 15) is 4.39 Å². The van der Waals surface area contributed by atoms with Crippen molar-refractivity contribution in [3.05, 3.63) is 47.9 Å². The standard InChI is InChI=1S/C19H23FN2O/c1-18(2,3)15-6-5-13(11-16(15)20)23-14-7-10-21-17(12-14)22-19(4)8-9-19/h5-7,10-12H,8-9H2,1-4H3,(H,21,22). The number of nitrogens with one attached hydrogen (secondary N) is 1. The second-order valence-electron chi connectivity index (χ2n) is 7.56. The molecule has 1 aliphatic rings. The van der Waals surface area contributed by atoms with Crippen LogP contribution in [0.4, 0.5) is 10.2 Å². The molecular formula is C19H23FN2O. The van der Waals surface area contributed by atoms with Gasteiger partial charge < -0.3 is 10.1 Å². The van der Waals surface area contributed by atoms with Crippen molar-refractivity contribution in [3.8, 4) is 11.5 Å². The molecule has 1 saturated carbocycles. The molecule has 1 heterocycles. The molecule has 3 nitrogen and oxygen atoms in total. The average Bonchev–Trinajstić information content (AvgIpc) is 3.15. The van der Waals surface area contributed by atoms with Gasteiger partial charge in [0.25, 0.3) is 0 Å². The van der Waals surface area contributed by atoms with Crippen molar-refractivity contribution in [2.75, 3.05) is 5.32 Å². The third-order valence-electron chi connectivity index (χ3n) is 4.15. The normalized spacial score (nSPS) is 16.0. The highest BCUT2D eigenvalue weighted by Crippen LogP contribution is 2.38. The molecule has 0 saturated heterocycles. The zero-order chi connectivity index (χ0) is 16.7. The monoisotopic (exact) mass is 314 g/mol. The highest BCUT2D eigenvalue weighted by molar-refractivity contribution is 5.46. The van der Waals surface area contributed by atoms with Crippen molar-refractivity contribution in [2.24, 2.45) is 0 Å². The van der Waals surface area contributed by atoms with Crippen LogP contribution in [-0.4, -0.2) is 10.5 Å². The Morgan fingerprint density at radius 2 is 1.83 bits per heavy atom. The van der Waals surface area contributed by atoms with Crippen LogP contribution in [0.1, 0.15) is 46.1 Å². The van der Waals surface area contributed by atoms with Crippen molar-refractivity contribution >= 4 is 5.82 Å². The van der Waals surface area contributed by atoms with Crippen LogP contribution in [0.25, 0.3) is 0 Å². The van der Waals surface area contributed by atoms with Gasteiger partial charge in [0.1, 0.15) is 23.1 Å². The van der Waals surface area contributed by atoms with E-state index < -0.39 is 0 Å². The molecule has 1 aromatic heterocycles. The van der Waals surface area contributed by atoms with E-state index in [1.165, 1.54) is 6.07 Å². The fourth-order valence-corrected chi connectivity index (χ4v) is 2.47. The maximum atomic E-state index is 14.3. The third kappa shape index (κ3) is 3.81. The second kappa shape index (κ2) is 5.52. The summed E-state index contributed by atoms with van der Waals surface area (Å²) in [5.41, 5.74) is 0.617. The maximum absolute atomic E-state index is 14.3. The Balaban J connectivity index is 1.77. The summed E-state index contributed by atoms with van der Waals surface area (Å²) in [5, 5.41) is 3.39. The van der Waals surface area contributed by atoms with Crippen molar-refractivity contribution in [1.82, 2.24) is 4.98 Å². The van der Waals surface area contributed by atoms with E-state index in [0.717, 1.165) is 18.7 Å². The minimum absolute atomic E-state index is 0.159. The van der Waals surface area contributed by atoms with E-state index in [4.69, 9.17) is 4.74 Å². The topological polar surface area (TPSA) is 34.1 Å². The van der Waals surface area contributed by atoms with E-state index in [1.54, 1.807) is 24.4 Å². The summed E-state index contributed by atoms with van der Waals surface area (Å²) in [6.45, 7) is 8.14. The van der Waals surface area contributed by atoms with Gasteiger partial charge in [0.2, 0.25) is 0 Å². The molecule has 1 aromatic carbocycles. The minimum atomic E-state index is -0.243. The maximum Gasteiger partial charge on any atom is 0.132 e. The van der Waals surface area contributed by atoms with Gasteiger partial charge in [0.15, 0.2) is 0 Å². The van der Waals surface area contributed by atoms with E-state index in [0.29, 0.717) is 17.1 Å². The molecule has 0 bridgehead atoms. The molecule has 0 unspecified atom stereocenters. The predicted octanol–water partition coefficient (Wildman–Crippen LogP) is 5.27. The molecule has 2 aromatic rings. The lowest BCUT2D eigenvalue weighted by atomic mass is 9.87. The van der Waals surface area contributed by atoms with Crippen molar-refractivity contribution in [3.63, 3.8) is 0 Å². The van der Waals surface area contributed by atoms with Gasteiger partial charge in [-0.25, -0.2) is 9.37 Å². The Morgan fingerprint density at radius 1 is 1.13 bits per heavy atom. The molecule has 0 aliphatic heterocycles. The average molecular weight is 314 g/mol. The van der Waals surface area contributed by atoms with Gasteiger partial charge in [-0.1, -0.05) is 26.8 Å². The molecule has 1 aliphatic carbocycles. The molecule has 122 valence electrons. The summed E-state index contributed by atoms with van der Waals surface area (Å²) in [5.74, 6) is 1.68. The van der Waals surface area contributed by atoms with E-state index >= 15 is 0 Å². The predicted molar refractivity (Wildman–Crippen MR) is 90.7 cm³/mol. The van der Waals surface area contributed by atoms with Crippen LogP contribution in [-0.2, 0) is 5.41 Å². The highest BCUT2D eigenvalue weighted by Gasteiger charge is 2.37. The smallest absolute Gasteiger partial charge is 0.132 e. The third-order valence-corrected chi connectivity index (χ3v) is 4.15. The number of nitrogens with zero attached hydrogens (tertiary/aromatic N) is 1. The lowest BCUT2D eigenvalue weighted by Gasteiger charge is -2.20. The Labute approximate surface area is 136 Å². The summed E-state index contributed by atoms with van der Waals surface area (Å²) in [7, 11) is 0. The number of aromatic nitrogens is 1. The first-order chi connectivity index (χ1) is 10.8. The lowest BCUT2D eigenvalue weighted by Crippen LogP contribution is -2.16. The molecule has 3 rings (SSSR count). The largest absolute Gasteiger partial charge is 0.457 e. The number of hydrogen-bond acceptors (Lipinski definition) is 3. The molecule has 0 amide bonds. The van der Waals surface area contributed by atoms with Crippen LogP contribution in [0.5, 0.6) is 11.5 Å². The molecular weight excluding hydrogens is 291 g/mol. The van der Waals surface area contributed by atoms with Crippen LogP contribution in [0.2, 0.25) is 0 Å². The Bertz CT molecular complexity index is 718. The van der Waals surface area contributed by atoms with Crippen molar-refractivity contribution in [2.45, 2.75) is 51.5 Å². The van der Waals surface area contributed by atoms with E-state index in [1.807, 2.05) is 26.8 Å². The number of benzene rings is 1. The molecule has 1 fully saturated rings.